The maximum absolute atomic E-state index is 13.6. The third-order valence-corrected chi connectivity index (χ3v) is 8.50. The van der Waals surface area contributed by atoms with Gasteiger partial charge in [0.1, 0.15) is 12.3 Å². The highest BCUT2D eigenvalue weighted by atomic mass is 35.5. The molecule has 0 bridgehead atoms. The maximum Gasteiger partial charge on any atom is 0.264 e. The first kappa shape index (κ1) is 27.5. The molecule has 1 unspecified atom stereocenters. The number of sulfonamides is 1. The second kappa shape index (κ2) is 11.9. The molecule has 0 aromatic heterocycles. The summed E-state index contributed by atoms with van der Waals surface area (Å²) < 4.78 is 33.5. The Labute approximate surface area is 229 Å². The zero-order valence-corrected chi connectivity index (χ0v) is 23.2. The highest BCUT2D eigenvalue weighted by Crippen LogP contribution is 2.32. The first-order valence-electron chi connectivity index (χ1n) is 12.4. The molecule has 0 saturated heterocycles. The average molecular weight is 551 g/mol. The van der Waals surface area contributed by atoms with Crippen molar-refractivity contribution in [3.05, 3.63) is 101 Å². The highest BCUT2D eigenvalue weighted by Gasteiger charge is 2.28. The molecule has 1 atom stereocenters. The molecule has 0 aliphatic carbocycles. The molecule has 6 nitrogen and oxygen atoms in total. The second-order valence-corrected chi connectivity index (χ2v) is 11.7. The lowest BCUT2D eigenvalue weighted by Crippen LogP contribution is -2.42. The Hall–Kier alpha value is -3.55. The van der Waals surface area contributed by atoms with E-state index in [1.807, 2.05) is 25.1 Å². The Morgan fingerprint density at radius 3 is 2.42 bits per heavy atom. The van der Waals surface area contributed by atoms with Gasteiger partial charge in [-0.3, -0.25) is 9.10 Å². The van der Waals surface area contributed by atoms with Crippen LogP contribution in [0.3, 0.4) is 0 Å². The second-order valence-electron chi connectivity index (χ2n) is 9.40. The number of carbonyl (C=O) groups excluding carboxylic acids is 1. The predicted octanol–water partition coefficient (Wildman–Crippen LogP) is 6.00. The van der Waals surface area contributed by atoms with E-state index in [9.17, 15) is 13.2 Å². The molecule has 0 saturated carbocycles. The number of benzene rings is 4. The summed E-state index contributed by atoms with van der Waals surface area (Å²) in [6, 6.07) is 25.6. The number of ether oxygens (including phenoxy) is 1. The Balaban J connectivity index is 1.51. The summed E-state index contributed by atoms with van der Waals surface area (Å²) in [4.78, 5) is 13.2. The van der Waals surface area contributed by atoms with Gasteiger partial charge in [0.05, 0.1) is 22.7 Å². The molecule has 38 heavy (non-hydrogen) atoms. The number of methoxy groups -OCH3 is 1. The van der Waals surface area contributed by atoms with Crippen LogP contribution in [0.4, 0.5) is 5.69 Å². The largest absolute Gasteiger partial charge is 0.495 e. The Morgan fingerprint density at radius 1 is 1.00 bits per heavy atom. The minimum Gasteiger partial charge on any atom is -0.495 e. The number of nitrogens with one attached hydrogen (secondary N) is 1. The number of carbonyl (C=O) groups is 1. The number of aryl methyl sites for hydroxylation is 1. The Morgan fingerprint density at radius 2 is 1.71 bits per heavy atom. The van der Waals surface area contributed by atoms with Gasteiger partial charge in [-0.25, -0.2) is 8.42 Å². The smallest absolute Gasteiger partial charge is 0.264 e. The number of fused-ring (bicyclic) bond motifs is 1. The molecule has 1 amide bonds. The van der Waals surface area contributed by atoms with E-state index in [-0.39, 0.29) is 28.1 Å². The van der Waals surface area contributed by atoms with Gasteiger partial charge >= 0.3 is 0 Å². The van der Waals surface area contributed by atoms with Gasteiger partial charge < -0.3 is 10.1 Å². The molecule has 0 fully saturated rings. The standard InChI is InChI=1S/C30H31ClN2O4S/c1-21-11-14-26(15-12-21)38(35,36)33(25-13-16-29(37-3)28(31)18-25)20-30(34)32-19-22(2)17-24-9-6-8-23-7-4-5-10-27(23)24/h4-16,18,22H,17,19-20H2,1-3H3,(H,32,34). The van der Waals surface area contributed by atoms with Gasteiger partial charge in [0, 0.05) is 6.54 Å². The lowest BCUT2D eigenvalue weighted by molar-refractivity contribution is -0.119. The van der Waals surface area contributed by atoms with E-state index >= 15 is 0 Å². The molecule has 4 rings (SSSR count). The van der Waals surface area contributed by atoms with Crippen LogP contribution in [0.2, 0.25) is 5.02 Å². The van der Waals surface area contributed by atoms with Crippen LogP contribution in [-0.4, -0.2) is 34.5 Å². The van der Waals surface area contributed by atoms with Crippen LogP contribution in [0.15, 0.2) is 89.8 Å². The summed E-state index contributed by atoms with van der Waals surface area (Å²) in [7, 11) is -2.56. The van der Waals surface area contributed by atoms with Crippen LogP contribution in [0.5, 0.6) is 5.75 Å². The molecule has 4 aromatic carbocycles. The summed E-state index contributed by atoms with van der Waals surface area (Å²) in [6.45, 7) is 3.96. The number of rotatable bonds is 10. The topological polar surface area (TPSA) is 75.7 Å². The quantitative estimate of drug-likeness (QED) is 0.263. The summed E-state index contributed by atoms with van der Waals surface area (Å²) in [6.07, 6.45) is 0.779. The van der Waals surface area contributed by atoms with Crippen molar-refractivity contribution in [1.29, 1.82) is 0 Å². The van der Waals surface area contributed by atoms with Gasteiger partial charge in [-0.05, 0) is 65.9 Å². The maximum atomic E-state index is 13.6. The van der Waals surface area contributed by atoms with E-state index in [1.54, 1.807) is 24.3 Å². The minimum atomic E-state index is -4.04. The first-order valence-corrected chi connectivity index (χ1v) is 14.2. The van der Waals surface area contributed by atoms with Crippen LogP contribution in [0.1, 0.15) is 18.1 Å². The summed E-state index contributed by atoms with van der Waals surface area (Å²) in [5, 5.41) is 5.54. The summed E-state index contributed by atoms with van der Waals surface area (Å²) in [5.41, 5.74) is 2.41. The van der Waals surface area contributed by atoms with Crippen molar-refractivity contribution in [2.45, 2.75) is 25.2 Å². The predicted molar refractivity (Wildman–Crippen MR) is 154 cm³/mol. The lowest BCUT2D eigenvalue weighted by atomic mass is 9.96. The normalized spacial score (nSPS) is 12.2. The third-order valence-electron chi connectivity index (χ3n) is 6.42. The van der Waals surface area contributed by atoms with E-state index in [4.69, 9.17) is 16.3 Å². The van der Waals surface area contributed by atoms with Gasteiger partial charge in [0.2, 0.25) is 5.91 Å². The number of amides is 1. The molecular formula is C30H31ClN2O4S. The van der Waals surface area contributed by atoms with Gasteiger partial charge in [0.15, 0.2) is 0 Å². The molecule has 0 heterocycles. The van der Waals surface area contributed by atoms with Crippen LogP contribution in [0.25, 0.3) is 10.8 Å². The van der Waals surface area contributed by atoms with Gasteiger partial charge in [-0.2, -0.15) is 0 Å². The fourth-order valence-corrected chi connectivity index (χ4v) is 6.02. The van der Waals surface area contributed by atoms with E-state index in [1.165, 1.54) is 41.6 Å². The van der Waals surface area contributed by atoms with E-state index in [2.05, 4.69) is 36.5 Å². The fraction of sp³-hybridized carbons (Fsp3) is 0.233. The molecule has 8 heteroatoms. The first-order chi connectivity index (χ1) is 18.2. The van der Waals surface area contributed by atoms with Crippen LogP contribution < -0.4 is 14.4 Å². The number of halogens is 1. The molecular weight excluding hydrogens is 520 g/mol. The zero-order valence-electron chi connectivity index (χ0n) is 21.6. The Kier molecular flexibility index (Phi) is 8.59. The summed E-state index contributed by atoms with van der Waals surface area (Å²) >= 11 is 6.30. The number of hydrogen-bond donors (Lipinski definition) is 1. The van der Waals surface area contributed by atoms with Crippen LogP contribution in [-0.2, 0) is 21.2 Å². The molecule has 4 aromatic rings. The number of anilines is 1. The van der Waals surface area contributed by atoms with Crippen LogP contribution >= 0.6 is 11.6 Å². The zero-order chi connectivity index (χ0) is 27.3. The van der Waals surface area contributed by atoms with Crippen molar-refractivity contribution >= 4 is 44.0 Å². The van der Waals surface area contributed by atoms with E-state index < -0.39 is 15.9 Å². The lowest BCUT2D eigenvalue weighted by Gasteiger charge is -2.25. The van der Waals surface area contributed by atoms with Crippen LogP contribution in [0, 0.1) is 12.8 Å². The molecule has 0 aliphatic rings. The van der Waals surface area contributed by atoms with Gasteiger partial charge in [0.25, 0.3) is 10.0 Å². The minimum absolute atomic E-state index is 0.0900. The van der Waals surface area contributed by atoms with Crippen molar-refractivity contribution in [1.82, 2.24) is 5.32 Å². The molecule has 1 N–H and O–H groups in total. The molecule has 0 aliphatic heterocycles. The summed E-state index contributed by atoms with van der Waals surface area (Å²) in [5.74, 6) is 0.148. The van der Waals surface area contributed by atoms with Crippen molar-refractivity contribution in [2.75, 3.05) is 24.5 Å². The molecule has 198 valence electrons. The fourth-order valence-electron chi connectivity index (χ4n) is 4.36. The number of hydrogen-bond acceptors (Lipinski definition) is 4. The van der Waals surface area contributed by atoms with Gasteiger partial charge in [-0.15, -0.1) is 0 Å². The van der Waals surface area contributed by atoms with E-state index in [0.717, 1.165) is 16.3 Å². The van der Waals surface area contributed by atoms with Gasteiger partial charge in [-0.1, -0.05) is 78.7 Å². The number of nitrogens with zero attached hydrogens (tertiary/aromatic N) is 1. The monoisotopic (exact) mass is 550 g/mol. The van der Waals surface area contributed by atoms with E-state index in [0.29, 0.717) is 12.3 Å². The third kappa shape index (κ3) is 6.29. The highest BCUT2D eigenvalue weighted by molar-refractivity contribution is 7.92. The molecule has 0 radical (unpaired) electrons. The average Bonchev–Trinajstić information content (AvgIpc) is 2.91. The SMILES string of the molecule is COc1ccc(N(CC(=O)NCC(C)Cc2cccc3ccccc23)S(=O)(=O)c2ccc(C)cc2)cc1Cl. The van der Waals surface area contributed by atoms with Crippen molar-refractivity contribution in [2.24, 2.45) is 5.92 Å². The van der Waals surface area contributed by atoms with Crippen molar-refractivity contribution in [3.8, 4) is 5.75 Å². The Bertz CT molecular complexity index is 1530. The van der Waals surface area contributed by atoms with Crippen molar-refractivity contribution < 1.29 is 17.9 Å². The van der Waals surface area contributed by atoms with Crippen molar-refractivity contribution in [3.63, 3.8) is 0 Å². The molecule has 0 spiro atoms.